The van der Waals surface area contributed by atoms with Crippen LogP contribution in [0.25, 0.3) is 0 Å². The fourth-order valence-corrected chi connectivity index (χ4v) is 2.56. The average molecular weight is 414 g/mol. The van der Waals surface area contributed by atoms with Crippen molar-refractivity contribution in [1.29, 1.82) is 0 Å². The first kappa shape index (κ1) is 17.4. The van der Waals surface area contributed by atoms with Gasteiger partial charge in [-0.15, -0.1) is 0 Å². The molecule has 0 atom stereocenters. The molecule has 0 heterocycles. The van der Waals surface area contributed by atoms with E-state index in [0.717, 1.165) is 0 Å². The fraction of sp³-hybridized carbons (Fsp3) is 0. The van der Waals surface area contributed by atoms with Crippen LogP contribution in [0.1, 0.15) is 20.7 Å². The van der Waals surface area contributed by atoms with Crippen molar-refractivity contribution in [2.45, 2.75) is 0 Å². The summed E-state index contributed by atoms with van der Waals surface area (Å²) < 4.78 is 0.617. The van der Waals surface area contributed by atoms with Crippen LogP contribution < -0.4 is 10.6 Å². The Labute approximate surface area is 150 Å². The smallest absolute Gasteiger partial charge is 0.337 e. The van der Waals surface area contributed by atoms with Gasteiger partial charge in [-0.3, -0.25) is 10.1 Å². The molecule has 1 amide bonds. The Hall–Kier alpha value is -1.96. The number of rotatable bonds is 3. The number of aromatic carboxylic acids is 1. The van der Waals surface area contributed by atoms with Crippen molar-refractivity contribution in [2.75, 3.05) is 5.32 Å². The van der Waals surface area contributed by atoms with Gasteiger partial charge in [0.25, 0.3) is 5.91 Å². The molecule has 2 aromatic rings. The first-order chi connectivity index (χ1) is 10.9. The van der Waals surface area contributed by atoms with Crippen LogP contribution in [-0.4, -0.2) is 22.1 Å². The van der Waals surface area contributed by atoms with Crippen LogP contribution in [0.3, 0.4) is 0 Å². The Balaban J connectivity index is 2.13. The maximum Gasteiger partial charge on any atom is 0.337 e. The first-order valence-electron chi connectivity index (χ1n) is 6.28. The molecule has 0 aromatic heterocycles. The Morgan fingerprint density at radius 3 is 2.48 bits per heavy atom. The van der Waals surface area contributed by atoms with E-state index < -0.39 is 11.9 Å². The molecule has 0 aliphatic heterocycles. The van der Waals surface area contributed by atoms with Gasteiger partial charge in [-0.2, -0.15) is 0 Å². The molecule has 2 rings (SSSR count). The Kier molecular flexibility index (Phi) is 5.70. The highest BCUT2D eigenvalue weighted by atomic mass is 79.9. The lowest BCUT2D eigenvalue weighted by Crippen LogP contribution is -2.34. The minimum Gasteiger partial charge on any atom is -0.478 e. The van der Waals surface area contributed by atoms with Gasteiger partial charge in [0, 0.05) is 4.47 Å². The summed E-state index contributed by atoms with van der Waals surface area (Å²) in [6, 6.07) is 11.2. The van der Waals surface area contributed by atoms with Gasteiger partial charge in [0.1, 0.15) is 0 Å². The van der Waals surface area contributed by atoms with E-state index in [4.69, 9.17) is 23.8 Å². The Morgan fingerprint density at radius 2 is 1.83 bits per heavy atom. The molecule has 0 unspecified atom stereocenters. The second-order valence-corrected chi connectivity index (χ2v) is 6.11. The molecule has 0 saturated carbocycles. The van der Waals surface area contributed by atoms with Crippen LogP contribution in [0.4, 0.5) is 5.69 Å². The van der Waals surface area contributed by atoms with Crippen molar-refractivity contribution in [1.82, 2.24) is 5.32 Å². The maximum atomic E-state index is 12.1. The zero-order valence-electron chi connectivity index (χ0n) is 11.5. The van der Waals surface area contributed by atoms with Gasteiger partial charge < -0.3 is 10.4 Å². The van der Waals surface area contributed by atoms with Crippen molar-refractivity contribution >= 4 is 62.4 Å². The number of carboxylic acid groups (broad SMARTS) is 1. The summed E-state index contributed by atoms with van der Waals surface area (Å²) in [6.07, 6.45) is 0. The number of halogens is 2. The van der Waals surface area contributed by atoms with Gasteiger partial charge in [0.2, 0.25) is 0 Å². The van der Waals surface area contributed by atoms with Crippen molar-refractivity contribution in [2.24, 2.45) is 0 Å². The molecule has 0 fully saturated rings. The molecule has 5 nitrogen and oxygen atoms in total. The molecule has 23 heavy (non-hydrogen) atoms. The summed E-state index contributed by atoms with van der Waals surface area (Å²) in [4.78, 5) is 23.3. The zero-order chi connectivity index (χ0) is 17.0. The molecule has 8 heteroatoms. The quantitative estimate of drug-likeness (QED) is 0.665. The Morgan fingerprint density at radius 1 is 1.13 bits per heavy atom. The van der Waals surface area contributed by atoms with E-state index in [9.17, 15) is 14.7 Å². The highest BCUT2D eigenvalue weighted by Crippen LogP contribution is 2.21. The Bertz CT molecular complexity index is 798. The molecule has 0 aliphatic rings. The number of carbonyl (C=O) groups excluding carboxylic acids is 1. The highest BCUT2D eigenvalue weighted by Gasteiger charge is 2.14. The second kappa shape index (κ2) is 7.54. The third-order valence-electron chi connectivity index (χ3n) is 2.81. The van der Waals surface area contributed by atoms with Crippen molar-refractivity contribution in [3.05, 3.63) is 63.1 Å². The number of amides is 1. The molecule has 0 radical (unpaired) electrons. The summed E-state index contributed by atoms with van der Waals surface area (Å²) >= 11 is 14.2. The van der Waals surface area contributed by atoms with Gasteiger partial charge in [-0.25, -0.2) is 4.79 Å². The van der Waals surface area contributed by atoms with Gasteiger partial charge in [0.15, 0.2) is 5.11 Å². The molecule has 0 spiro atoms. The maximum absolute atomic E-state index is 12.1. The van der Waals surface area contributed by atoms with Crippen molar-refractivity contribution in [3.63, 3.8) is 0 Å². The average Bonchev–Trinajstić information content (AvgIpc) is 2.49. The van der Waals surface area contributed by atoms with Gasteiger partial charge in [-0.1, -0.05) is 39.7 Å². The molecule has 0 saturated heterocycles. The predicted octanol–water partition coefficient (Wildman–Crippen LogP) is 3.93. The van der Waals surface area contributed by atoms with Crippen LogP contribution >= 0.6 is 39.7 Å². The SMILES string of the molecule is O=C(NC(=S)Nc1ccc(Br)cc1C(=O)O)c1ccccc1Cl. The monoisotopic (exact) mass is 412 g/mol. The zero-order valence-corrected chi connectivity index (χ0v) is 14.6. The number of hydrogen-bond donors (Lipinski definition) is 3. The fourth-order valence-electron chi connectivity index (χ4n) is 1.77. The normalized spacial score (nSPS) is 10.0. The van der Waals surface area contributed by atoms with E-state index >= 15 is 0 Å². The van der Waals surface area contributed by atoms with Crippen LogP contribution in [0.2, 0.25) is 5.02 Å². The number of thiocarbonyl (C=S) groups is 1. The topological polar surface area (TPSA) is 78.4 Å². The summed E-state index contributed by atoms with van der Waals surface area (Å²) in [7, 11) is 0. The van der Waals surface area contributed by atoms with E-state index in [-0.39, 0.29) is 21.9 Å². The standard InChI is InChI=1S/C15H10BrClN2O3S/c16-8-5-6-12(10(7-8)14(21)22)18-15(23)19-13(20)9-3-1-2-4-11(9)17/h1-7H,(H,21,22)(H2,18,19,20,23). The number of anilines is 1. The molecule has 0 aliphatic carbocycles. The minimum atomic E-state index is -1.12. The van der Waals surface area contributed by atoms with Crippen LogP contribution in [-0.2, 0) is 0 Å². The number of benzene rings is 2. The van der Waals surface area contributed by atoms with Crippen LogP contribution in [0, 0.1) is 0 Å². The van der Waals surface area contributed by atoms with Crippen LogP contribution in [0.15, 0.2) is 46.9 Å². The third-order valence-corrected chi connectivity index (χ3v) is 3.83. The number of nitrogens with one attached hydrogen (secondary N) is 2. The lowest BCUT2D eigenvalue weighted by Gasteiger charge is -2.12. The van der Waals surface area contributed by atoms with Crippen LogP contribution in [0.5, 0.6) is 0 Å². The van der Waals surface area contributed by atoms with Crippen molar-refractivity contribution in [3.8, 4) is 0 Å². The number of carboxylic acids is 1. The van der Waals surface area contributed by atoms with Gasteiger partial charge in [0.05, 0.1) is 21.8 Å². The lowest BCUT2D eigenvalue weighted by molar-refractivity contribution is 0.0697. The highest BCUT2D eigenvalue weighted by molar-refractivity contribution is 9.10. The van der Waals surface area contributed by atoms with Gasteiger partial charge >= 0.3 is 5.97 Å². The molecular formula is C15H10BrClN2O3S. The minimum absolute atomic E-state index is 0.0220. The molecule has 3 N–H and O–H groups in total. The van der Waals surface area contributed by atoms with E-state index in [2.05, 4.69) is 26.6 Å². The molecule has 2 aromatic carbocycles. The number of hydrogen-bond acceptors (Lipinski definition) is 3. The molecular weight excluding hydrogens is 404 g/mol. The largest absolute Gasteiger partial charge is 0.478 e. The number of carbonyl (C=O) groups is 2. The second-order valence-electron chi connectivity index (χ2n) is 4.38. The summed E-state index contributed by atoms with van der Waals surface area (Å²) in [5.74, 6) is -1.60. The van der Waals surface area contributed by atoms with E-state index in [1.165, 1.54) is 6.07 Å². The first-order valence-corrected chi connectivity index (χ1v) is 7.86. The van der Waals surface area contributed by atoms with E-state index in [1.807, 2.05) is 0 Å². The molecule has 118 valence electrons. The van der Waals surface area contributed by atoms with Gasteiger partial charge in [-0.05, 0) is 42.5 Å². The third kappa shape index (κ3) is 4.51. The van der Waals surface area contributed by atoms with E-state index in [0.29, 0.717) is 9.50 Å². The van der Waals surface area contributed by atoms with Crippen molar-refractivity contribution < 1.29 is 14.7 Å². The molecule has 0 bridgehead atoms. The van der Waals surface area contributed by atoms with E-state index in [1.54, 1.807) is 36.4 Å². The summed E-state index contributed by atoms with van der Waals surface area (Å²) in [5.41, 5.74) is 0.562. The summed E-state index contributed by atoms with van der Waals surface area (Å²) in [6.45, 7) is 0. The lowest BCUT2D eigenvalue weighted by atomic mass is 10.2. The summed E-state index contributed by atoms with van der Waals surface area (Å²) in [5, 5.41) is 14.6. The predicted molar refractivity (Wildman–Crippen MR) is 96.2 cm³/mol.